The summed E-state index contributed by atoms with van der Waals surface area (Å²) in [6.45, 7) is 11.4. The number of carbonyl (C=O) groups is 2. The molecule has 0 unspecified atom stereocenters. The highest BCUT2D eigenvalue weighted by molar-refractivity contribution is 9.10. The Kier molecular flexibility index (Phi) is 7.03. The van der Waals surface area contributed by atoms with Gasteiger partial charge in [-0.15, -0.1) is 0 Å². The molecule has 9 nitrogen and oxygen atoms in total. The standard InChI is InChI=1S/C27H32BrN3O6S/c1-15-8-7-9-22(29-15)30-24(34)27-19(12-17(32)13-21(27)33)18-10-16(28)11-20(23(18)37-27)38(35,36)31-26(5,6)14-25(2,3)4/h7-11,13,19,31,33H,12,14H2,1-6H3,(H,29,30,34)/t19-,27+/m0/s1. The number of ether oxygens (including phenoxy) is 1. The summed E-state index contributed by atoms with van der Waals surface area (Å²) in [4.78, 5) is 30.3. The Balaban J connectivity index is 1.82. The minimum absolute atomic E-state index is 0.0840. The zero-order valence-electron chi connectivity index (χ0n) is 22.2. The quantitative estimate of drug-likeness (QED) is 0.425. The number of aromatic nitrogens is 1. The molecule has 0 saturated heterocycles. The fraction of sp³-hybridized carbons (Fsp3) is 0.444. The van der Waals surface area contributed by atoms with Crippen LogP contribution in [0.2, 0.25) is 0 Å². The van der Waals surface area contributed by atoms with Gasteiger partial charge in [0, 0.05) is 33.8 Å². The lowest BCUT2D eigenvalue weighted by molar-refractivity contribution is -0.133. The van der Waals surface area contributed by atoms with E-state index in [-0.39, 0.29) is 28.3 Å². The van der Waals surface area contributed by atoms with Crippen molar-refractivity contribution in [3.8, 4) is 5.75 Å². The third kappa shape index (κ3) is 5.37. The van der Waals surface area contributed by atoms with Crippen molar-refractivity contribution in [3.63, 3.8) is 0 Å². The average Bonchev–Trinajstić information content (AvgIpc) is 3.06. The number of ketones is 1. The lowest BCUT2D eigenvalue weighted by Gasteiger charge is -2.34. The van der Waals surface area contributed by atoms with Gasteiger partial charge in [-0.3, -0.25) is 9.59 Å². The highest BCUT2D eigenvalue weighted by atomic mass is 79.9. The van der Waals surface area contributed by atoms with Crippen molar-refractivity contribution in [1.82, 2.24) is 9.71 Å². The minimum atomic E-state index is -4.16. The zero-order valence-corrected chi connectivity index (χ0v) is 24.6. The Labute approximate surface area is 231 Å². The molecule has 2 atom stereocenters. The van der Waals surface area contributed by atoms with Gasteiger partial charge < -0.3 is 15.2 Å². The second-order valence-corrected chi connectivity index (χ2v) is 14.3. The summed E-state index contributed by atoms with van der Waals surface area (Å²) in [6.07, 6.45) is 1.34. The van der Waals surface area contributed by atoms with Crippen molar-refractivity contribution in [3.05, 3.63) is 57.9 Å². The van der Waals surface area contributed by atoms with Crippen LogP contribution < -0.4 is 14.8 Å². The maximum atomic E-state index is 13.7. The molecule has 204 valence electrons. The number of carbonyl (C=O) groups excluding carboxylic acids is 2. The first-order valence-electron chi connectivity index (χ1n) is 12.2. The summed E-state index contributed by atoms with van der Waals surface area (Å²) in [5.74, 6) is -2.59. The molecule has 2 aliphatic rings. The molecule has 0 fully saturated rings. The Morgan fingerprint density at radius 1 is 1.24 bits per heavy atom. The molecule has 0 radical (unpaired) electrons. The molecule has 11 heteroatoms. The van der Waals surface area contributed by atoms with Crippen LogP contribution in [0.25, 0.3) is 0 Å². The summed E-state index contributed by atoms with van der Waals surface area (Å²) in [5.41, 5.74) is -2.02. The van der Waals surface area contributed by atoms with E-state index in [1.54, 1.807) is 45.0 Å². The van der Waals surface area contributed by atoms with E-state index in [4.69, 9.17) is 4.74 Å². The van der Waals surface area contributed by atoms with Gasteiger partial charge in [-0.1, -0.05) is 42.8 Å². The number of hydrogen-bond acceptors (Lipinski definition) is 7. The lowest BCUT2D eigenvalue weighted by Crippen LogP contribution is -2.53. The van der Waals surface area contributed by atoms with Gasteiger partial charge >= 0.3 is 0 Å². The Morgan fingerprint density at radius 3 is 2.55 bits per heavy atom. The third-order valence-electron chi connectivity index (χ3n) is 6.40. The number of hydrogen-bond donors (Lipinski definition) is 3. The minimum Gasteiger partial charge on any atom is -0.507 e. The molecular weight excluding hydrogens is 574 g/mol. The Hall–Kier alpha value is -2.76. The zero-order chi connectivity index (χ0) is 28.3. The predicted octanol–water partition coefficient (Wildman–Crippen LogP) is 4.91. The molecule has 3 N–H and O–H groups in total. The van der Waals surface area contributed by atoms with E-state index in [0.29, 0.717) is 22.2 Å². The molecule has 4 rings (SSSR count). The van der Waals surface area contributed by atoms with E-state index < -0.39 is 44.5 Å². The summed E-state index contributed by atoms with van der Waals surface area (Å²) in [6, 6.07) is 8.07. The van der Waals surface area contributed by atoms with Crippen LogP contribution in [0.5, 0.6) is 5.75 Å². The first-order chi connectivity index (χ1) is 17.4. The largest absolute Gasteiger partial charge is 0.507 e. The maximum absolute atomic E-state index is 13.7. The number of aliphatic hydroxyl groups is 1. The number of aliphatic hydroxyl groups excluding tert-OH is 1. The number of halogens is 1. The van der Waals surface area contributed by atoms with E-state index in [1.165, 1.54) is 6.07 Å². The third-order valence-corrected chi connectivity index (χ3v) is 8.56. The number of benzene rings is 1. The second kappa shape index (κ2) is 9.46. The molecule has 1 aromatic carbocycles. The van der Waals surface area contributed by atoms with E-state index in [1.807, 2.05) is 20.8 Å². The van der Waals surface area contributed by atoms with Crippen molar-refractivity contribution in [2.75, 3.05) is 5.32 Å². The first-order valence-corrected chi connectivity index (χ1v) is 14.5. The number of nitrogens with zero attached hydrogens (tertiary/aromatic N) is 1. The number of rotatable bonds is 6. The van der Waals surface area contributed by atoms with Gasteiger partial charge in [0.05, 0.1) is 5.92 Å². The molecule has 0 spiro atoms. The molecule has 1 aromatic heterocycles. The van der Waals surface area contributed by atoms with E-state index in [9.17, 15) is 23.1 Å². The number of aryl methyl sites for hydroxylation is 1. The summed E-state index contributed by atoms with van der Waals surface area (Å²) < 4.78 is 36.8. The number of pyridine rings is 1. The van der Waals surface area contributed by atoms with Crippen LogP contribution >= 0.6 is 15.9 Å². The molecule has 2 heterocycles. The SMILES string of the molecule is Cc1cccc(NC(=O)[C@@]23Oc4c(cc(Br)cc4S(=O)(=O)NC(C)(C)CC(C)(C)C)[C@@H]2CC(=O)C=C3O)n1. The van der Waals surface area contributed by atoms with Gasteiger partial charge in [-0.25, -0.2) is 18.1 Å². The van der Waals surface area contributed by atoms with Gasteiger partial charge in [0.1, 0.15) is 22.2 Å². The Bertz CT molecular complexity index is 1460. The van der Waals surface area contributed by atoms with Crippen LogP contribution in [-0.4, -0.2) is 41.3 Å². The van der Waals surface area contributed by atoms with Crippen LogP contribution in [0.4, 0.5) is 5.82 Å². The number of amides is 1. The molecular formula is C27H32BrN3O6S. The molecule has 2 aromatic rings. The summed E-state index contributed by atoms with van der Waals surface area (Å²) in [7, 11) is -4.16. The number of allylic oxidation sites excluding steroid dienone is 1. The topological polar surface area (TPSA) is 135 Å². The molecule has 1 amide bonds. The predicted molar refractivity (Wildman–Crippen MR) is 147 cm³/mol. The Morgan fingerprint density at radius 2 is 1.92 bits per heavy atom. The number of fused-ring (bicyclic) bond motifs is 3. The van der Waals surface area contributed by atoms with Gasteiger partial charge in [-0.2, -0.15) is 0 Å². The van der Waals surface area contributed by atoms with Gasteiger partial charge in [0.15, 0.2) is 5.78 Å². The molecule has 1 aliphatic heterocycles. The molecule has 1 aliphatic carbocycles. The number of sulfonamides is 1. The van der Waals surface area contributed by atoms with Crippen molar-refractivity contribution in [1.29, 1.82) is 0 Å². The van der Waals surface area contributed by atoms with E-state index in [0.717, 1.165) is 6.08 Å². The average molecular weight is 607 g/mol. The summed E-state index contributed by atoms with van der Waals surface area (Å²) in [5, 5.41) is 13.7. The lowest BCUT2D eigenvalue weighted by atomic mass is 9.75. The van der Waals surface area contributed by atoms with Crippen molar-refractivity contribution >= 4 is 43.5 Å². The number of nitrogens with one attached hydrogen (secondary N) is 2. The first kappa shape index (κ1) is 28.3. The molecule has 38 heavy (non-hydrogen) atoms. The smallest absolute Gasteiger partial charge is 0.278 e. The van der Waals surface area contributed by atoms with Crippen LogP contribution in [0.1, 0.15) is 64.6 Å². The van der Waals surface area contributed by atoms with Crippen molar-refractivity contribution in [2.45, 2.75) is 76.3 Å². The van der Waals surface area contributed by atoms with E-state index in [2.05, 4.69) is 31.0 Å². The fourth-order valence-electron chi connectivity index (χ4n) is 5.54. The fourth-order valence-corrected chi connectivity index (χ4v) is 7.76. The van der Waals surface area contributed by atoms with Crippen LogP contribution in [0.3, 0.4) is 0 Å². The number of anilines is 1. The van der Waals surface area contributed by atoms with Gasteiger partial charge in [0.2, 0.25) is 10.0 Å². The van der Waals surface area contributed by atoms with Gasteiger partial charge in [-0.05, 0) is 56.9 Å². The monoisotopic (exact) mass is 605 g/mol. The maximum Gasteiger partial charge on any atom is 0.278 e. The summed E-state index contributed by atoms with van der Waals surface area (Å²) >= 11 is 3.38. The highest BCUT2D eigenvalue weighted by Crippen LogP contribution is 2.55. The van der Waals surface area contributed by atoms with Crippen LogP contribution in [0.15, 0.2) is 51.5 Å². The van der Waals surface area contributed by atoms with Crippen molar-refractivity contribution < 1.29 is 27.9 Å². The van der Waals surface area contributed by atoms with E-state index >= 15 is 0 Å². The second-order valence-electron chi connectivity index (χ2n) is 11.8. The molecule has 0 saturated carbocycles. The van der Waals surface area contributed by atoms with Crippen LogP contribution in [-0.2, 0) is 19.6 Å². The van der Waals surface area contributed by atoms with Crippen molar-refractivity contribution in [2.24, 2.45) is 5.41 Å². The molecule has 0 bridgehead atoms. The highest BCUT2D eigenvalue weighted by Gasteiger charge is 2.61. The normalized spacial score (nSPS) is 21.3. The van der Waals surface area contributed by atoms with Gasteiger partial charge in [0.25, 0.3) is 11.5 Å². The van der Waals surface area contributed by atoms with Crippen LogP contribution in [0, 0.1) is 12.3 Å².